The number of methoxy groups -OCH3 is 2. The quantitative estimate of drug-likeness (QED) is 0.126. The summed E-state index contributed by atoms with van der Waals surface area (Å²) in [6.07, 6.45) is 2.76. The third-order valence-electron chi connectivity index (χ3n) is 9.56. The van der Waals surface area contributed by atoms with Crippen molar-refractivity contribution in [3.8, 4) is 11.5 Å². The van der Waals surface area contributed by atoms with Crippen LogP contribution in [0, 0.1) is 17.0 Å². The number of hydrogen-bond acceptors (Lipinski definition) is 13. The van der Waals surface area contributed by atoms with Crippen LogP contribution in [-0.2, 0) is 20.0 Å². The first-order valence-corrected chi connectivity index (χ1v) is 21.0. The highest BCUT2D eigenvalue weighted by Gasteiger charge is 2.37. The zero-order valence-corrected chi connectivity index (χ0v) is 34.2. The summed E-state index contributed by atoms with van der Waals surface area (Å²) in [6, 6.07) is 19.2. The molecule has 0 saturated carbocycles. The Hall–Kier alpha value is -5.54. The van der Waals surface area contributed by atoms with Crippen molar-refractivity contribution in [2.45, 2.75) is 49.4 Å². The average Bonchev–Trinajstić information content (AvgIpc) is 3.65. The minimum Gasteiger partial charge on any atom is -0.494 e. The molecule has 0 fully saturated rings. The van der Waals surface area contributed by atoms with Gasteiger partial charge in [0.2, 0.25) is 0 Å². The van der Waals surface area contributed by atoms with Crippen LogP contribution in [0.25, 0.3) is 0 Å². The number of nitrogens with zero attached hydrogens (tertiary/aromatic N) is 6. The Morgan fingerprint density at radius 2 is 1.56 bits per heavy atom. The van der Waals surface area contributed by atoms with Gasteiger partial charge in [0.1, 0.15) is 9.79 Å². The first kappa shape index (κ1) is 43.1. The lowest BCUT2D eigenvalue weighted by Crippen LogP contribution is -2.39. The molecule has 0 amide bonds. The van der Waals surface area contributed by atoms with Gasteiger partial charge in [-0.2, -0.15) is 27.0 Å². The van der Waals surface area contributed by atoms with Crippen molar-refractivity contribution in [1.82, 2.24) is 10.0 Å². The molecule has 3 aliphatic rings. The molecule has 4 aromatic rings. The van der Waals surface area contributed by atoms with Crippen LogP contribution >= 0.6 is 0 Å². The van der Waals surface area contributed by atoms with Crippen molar-refractivity contribution in [2.24, 2.45) is 24.4 Å². The average molecular weight is 851 g/mol. The maximum Gasteiger partial charge on any atom is 0.488 e. The molecule has 0 radical (unpaired) electrons. The smallest absolute Gasteiger partial charge is 0.488 e. The van der Waals surface area contributed by atoms with E-state index in [4.69, 9.17) is 9.47 Å². The van der Waals surface area contributed by atoms with E-state index in [1.54, 1.807) is 35.3 Å². The minimum absolute atomic E-state index is 0.0584. The van der Waals surface area contributed by atoms with Crippen LogP contribution in [0.1, 0.15) is 55.9 Å². The SMILES string of the molecule is COc1cc(/C=N/N(CC(C)(C)CO)C2=NS(=O)(=O)c3ccccc32)ccc1F.COc1cc(C2=NN(C3=NS(=O)(=O)c4cc(B(O)O)ccc43)C(C)CC2)ccc1F. The maximum atomic E-state index is 13.8. The van der Waals surface area contributed by atoms with Gasteiger partial charge in [-0.25, -0.2) is 18.8 Å². The lowest BCUT2D eigenvalue weighted by molar-refractivity contribution is 0.132. The molecule has 4 aromatic carbocycles. The zero-order valence-electron chi connectivity index (χ0n) is 32.6. The summed E-state index contributed by atoms with van der Waals surface area (Å²) >= 11 is 0. The van der Waals surface area contributed by atoms with Crippen molar-refractivity contribution >= 4 is 56.2 Å². The standard InChI is InChI=1S/C20H22FN3O4S.C19H19BFN3O5S/c1-20(2,13-25)12-24(22-11-14-8-9-16(21)17(10-14)28-3)19-15-6-4-5-7-18(15)29(26,27)23-19;1-11-3-8-16(12-4-7-15(21)17(9-12)29-2)22-24(11)19-14-6-5-13(20(25)26)10-18(14)30(27,28)23-19/h4-11,25H,12-13H2,1-3H3;4-7,9-11,25-26H,3,8H2,1-2H3/b22-11+;. The molecule has 1 unspecified atom stereocenters. The predicted molar refractivity (Wildman–Crippen MR) is 218 cm³/mol. The van der Waals surface area contributed by atoms with Crippen molar-refractivity contribution in [2.75, 3.05) is 27.4 Å². The Kier molecular flexibility index (Phi) is 12.4. The first-order valence-electron chi connectivity index (χ1n) is 18.1. The second-order valence-electron chi connectivity index (χ2n) is 14.6. The van der Waals surface area contributed by atoms with Gasteiger partial charge in [-0.3, -0.25) is 0 Å². The van der Waals surface area contributed by atoms with Crippen LogP contribution in [0.5, 0.6) is 11.5 Å². The molecule has 20 heteroatoms. The van der Waals surface area contributed by atoms with Crippen molar-refractivity contribution in [3.05, 3.63) is 113 Å². The number of aliphatic hydroxyl groups excluding tert-OH is 1. The summed E-state index contributed by atoms with van der Waals surface area (Å²) in [5.74, 6) is -0.466. The molecule has 0 aliphatic carbocycles. The Labute approximate surface area is 340 Å². The molecule has 310 valence electrons. The fraction of sp³-hybridized carbons (Fsp3) is 0.282. The number of hydrazone groups is 2. The van der Waals surface area contributed by atoms with Gasteiger partial charge in [-0.1, -0.05) is 44.2 Å². The third kappa shape index (κ3) is 9.21. The predicted octanol–water partition coefficient (Wildman–Crippen LogP) is 3.49. The molecule has 15 nitrogen and oxygen atoms in total. The van der Waals surface area contributed by atoms with E-state index in [0.717, 1.165) is 0 Å². The van der Waals surface area contributed by atoms with Crippen molar-refractivity contribution < 1.29 is 50.2 Å². The summed E-state index contributed by atoms with van der Waals surface area (Å²) in [4.78, 5) is 0.0153. The normalized spacial score (nSPS) is 17.6. The van der Waals surface area contributed by atoms with Gasteiger partial charge in [-0.15, -0.1) is 8.80 Å². The number of aliphatic hydroxyl groups is 1. The Morgan fingerprint density at radius 1 is 0.898 bits per heavy atom. The second-order valence-corrected chi connectivity index (χ2v) is 17.7. The van der Waals surface area contributed by atoms with Gasteiger partial charge in [-0.05, 0) is 79.3 Å². The second kappa shape index (κ2) is 17.0. The van der Waals surface area contributed by atoms with Gasteiger partial charge in [0, 0.05) is 28.7 Å². The van der Waals surface area contributed by atoms with E-state index < -0.39 is 44.2 Å². The largest absolute Gasteiger partial charge is 0.494 e. The molecular formula is C39H41BF2N6O9S2. The number of amidine groups is 2. The van der Waals surface area contributed by atoms with Crippen LogP contribution in [0.2, 0.25) is 0 Å². The van der Waals surface area contributed by atoms with Crippen LogP contribution in [0.4, 0.5) is 8.78 Å². The molecule has 0 aromatic heterocycles. The molecule has 3 N–H and O–H groups in total. The monoisotopic (exact) mass is 850 g/mol. The summed E-state index contributed by atoms with van der Waals surface area (Å²) in [7, 11) is -6.86. The van der Waals surface area contributed by atoms with E-state index in [9.17, 15) is 40.8 Å². The number of hydrogen-bond donors (Lipinski definition) is 3. The van der Waals surface area contributed by atoms with Crippen molar-refractivity contribution in [3.63, 3.8) is 0 Å². The van der Waals surface area contributed by atoms with Gasteiger partial charge in [0.15, 0.2) is 34.8 Å². The van der Waals surface area contributed by atoms with Crippen LogP contribution in [0.15, 0.2) is 108 Å². The van der Waals surface area contributed by atoms with Gasteiger partial charge in [0.05, 0.1) is 38.7 Å². The van der Waals surface area contributed by atoms with Crippen LogP contribution in [-0.4, -0.2) is 106 Å². The summed E-state index contributed by atoms with van der Waals surface area (Å²) in [6.45, 7) is 5.63. The lowest BCUT2D eigenvalue weighted by atomic mass is 9.80. The van der Waals surface area contributed by atoms with Gasteiger partial charge in [0.25, 0.3) is 20.0 Å². The molecule has 7 rings (SSSR count). The Bertz CT molecular complexity index is 2620. The molecule has 0 spiro atoms. The molecule has 59 heavy (non-hydrogen) atoms. The Balaban J connectivity index is 0.000000199. The number of halogens is 2. The fourth-order valence-corrected chi connectivity index (χ4v) is 8.75. The van der Waals surface area contributed by atoms with E-state index in [-0.39, 0.29) is 57.6 Å². The number of rotatable bonds is 9. The van der Waals surface area contributed by atoms with E-state index >= 15 is 0 Å². The topological polar surface area (TPSA) is 203 Å². The molecule has 3 aliphatic heterocycles. The summed E-state index contributed by atoms with van der Waals surface area (Å²) in [5.41, 5.74) is 2.14. The number of ether oxygens (including phenoxy) is 2. The molecule has 0 bridgehead atoms. The third-order valence-corrected chi connectivity index (χ3v) is 12.2. The first-order chi connectivity index (χ1) is 27.9. The van der Waals surface area contributed by atoms with E-state index in [1.165, 1.54) is 74.0 Å². The van der Waals surface area contributed by atoms with Gasteiger partial charge < -0.3 is 24.6 Å². The number of benzene rings is 4. The maximum absolute atomic E-state index is 13.8. The van der Waals surface area contributed by atoms with Crippen molar-refractivity contribution in [1.29, 1.82) is 0 Å². The van der Waals surface area contributed by atoms with E-state index in [0.29, 0.717) is 40.8 Å². The van der Waals surface area contributed by atoms with Gasteiger partial charge >= 0.3 is 7.12 Å². The highest BCUT2D eigenvalue weighted by molar-refractivity contribution is 7.91. The molecule has 1 atom stereocenters. The number of fused-ring (bicyclic) bond motifs is 2. The van der Waals surface area contributed by atoms with Crippen LogP contribution < -0.4 is 14.9 Å². The van der Waals surface area contributed by atoms with E-state index in [2.05, 4.69) is 19.0 Å². The summed E-state index contributed by atoms with van der Waals surface area (Å²) < 4.78 is 95.2. The lowest BCUT2D eigenvalue weighted by Gasteiger charge is -2.31. The molecule has 3 heterocycles. The summed E-state index contributed by atoms with van der Waals surface area (Å²) in [5, 5.41) is 40.4. The zero-order chi connectivity index (χ0) is 42.9. The number of sulfonamides is 2. The fourth-order valence-electron chi connectivity index (χ4n) is 6.31. The molecular weight excluding hydrogens is 809 g/mol. The minimum atomic E-state index is -4.00. The Morgan fingerprint density at radius 3 is 2.24 bits per heavy atom. The molecule has 0 saturated heterocycles. The van der Waals surface area contributed by atoms with E-state index in [1.807, 2.05) is 20.8 Å². The highest BCUT2D eigenvalue weighted by Crippen LogP contribution is 2.32. The van der Waals surface area contributed by atoms with Crippen LogP contribution in [0.3, 0.4) is 0 Å². The highest BCUT2D eigenvalue weighted by atomic mass is 32.2.